The van der Waals surface area contributed by atoms with Gasteiger partial charge in [-0.25, -0.2) is 15.0 Å². The number of nitro groups is 1. The number of nitrogens with one attached hydrogen (secondary N) is 2. The van der Waals surface area contributed by atoms with E-state index in [1.54, 1.807) is 11.8 Å². The molecular formula is C20H20F3N7O4. The van der Waals surface area contributed by atoms with Crippen molar-refractivity contribution < 1.29 is 27.6 Å². The van der Waals surface area contributed by atoms with Crippen molar-refractivity contribution in [3.05, 3.63) is 40.5 Å². The molecule has 0 amide bonds. The quantitative estimate of drug-likeness (QED) is 0.307. The topological polar surface area (TPSA) is 139 Å². The van der Waals surface area contributed by atoms with Gasteiger partial charge in [0.15, 0.2) is 0 Å². The molecule has 1 fully saturated rings. The van der Waals surface area contributed by atoms with E-state index in [0.717, 1.165) is 0 Å². The monoisotopic (exact) mass is 479 g/mol. The van der Waals surface area contributed by atoms with E-state index in [4.69, 9.17) is 4.74 Å². The number of H-pyrrole nitrogens is 1. The maximum absolute atomic E-state index is 12.9. The molecule has 2 N–H and O–H groups in total. The Labute approximate surface area is 190 Å². The molecule has 0 atom stereocenters. The third-order valence-corrected chi connectivity index (χ3v) is 5.41. The molecule has 3 aromatic rings. The second-order valence-electron chi connectivity index (χ2n) is 7.61. The van der Waals surface area contributed by atoms with E-state index in [0.29, 0.717) is 25.9 Å². The average molecular weight is 479 g/mol. The number of benzene rings is 1. The number of nitrogens with zero attached hydrogens (tertiary/aromatic N) is 5. The van der Waals surface area contributed by atoms with Crippen LogP contribution >= 0.6 is 0 Å². The van der Waals surface area contributed by atoms with Gasteiger partial charge in [-0.1, -0.05) is 0 Å². The van der Waals surface area contributed by atoms with Crippen molar-refractivity contribution in [1.29, 1.82) is 0 Å². The molecule has 3 heterocycles. The fourth-order valence-corrected chi connectivity index (χ4v) is 3.81. The van der Waals surface area contributed by atoms with Crippen LogP contribution in [-0.2, 0) is 15.7 Å². The third-order valence-electron chi connectivity index (χ3n) is 5.41. The highest BCUT2D eigenvalue weighted by Crippen LogP contribution is 2.36. The predicted molar refractivity (Wildman–Crippen MR) is 115 cm³/mol. The molecular weight excluding hydrogens is 459 g/mol. The number of carbonyl (C=O) groups excluding carboxylic acids is 1. The van der Waals surface area contributed by atoms with Crippen molar-refractivity contribution in [1.82, 2.24) is 19.9 Å². The molecule has 0 radical (unpaired) electrons. The highest BCUT2D eigenvalue weighted by atomic mass is 19.4. The Morgan fingerprint density at radius 3 is 2.71 bits per heavy atom. The minimum absolute atomic E-state index is 0.0896. The lowest BCUT2D eigenvalue weighted by molar-refractivity contribution is -0.383. The number of aromatic nitrogens is 4. The minimum Gasteiger partial charge on any atom is -0.466 e. The van der Waals surface area contributed by atoms with Crippen molar-refractivity contribution in [2.45, 2.75) is 25.9 Å². The Balaban J connectivity index is 1.58. The summed E-state index contributed by atoms with van der Waals surface area (Å²) < 4.78 is 43.8. The Morgan fingerprint density at radius 1 is 1.32 bits per heavy atom. The third kappa shape index (κ3) is 4.70. The molecule has 4 rings (SSSR count). The van der Waals surface area contributed by atoms with Crippen LogP contribution in [0.1, 0.15) is 25.6 Å². The first-order chi connectivity index (χ1) is 16.2. The molecule has 1 saturated heterocycles. The lowest BCUT2D eigenvalue weighted by Crippen LogP contribution is -2.37. The molecule has 180 valence electrons. The first-order valence-electron chi connectivity index (χ1n) is 10.4. The van der Waals surface area contributed by atoms with Crippen LogP contribution in [0, 0.1) is 16.0 Å². The van der Waals surface area contributed by atoms with Crippen molar-refractivity contribution in [3.8, 4) is 0 Å². The molecule has 1 aliphatic rings. The summed E-state index contributed by atoms with van der Waals surface area (Å²) in [5, 5.41) is 14.7. The number of fused-ring (bicyclic) bond motifs is 1. The summed E-state index contributed by atoms with van der Waals surface area (Å²) in [4.78, 5) is 38.7. The SMILES string of the molecule is CCOC(=O)C1CCN(c2ncnc(Nc3ccc4nc(C(F)(F)F)[nH]c4c3)c2[N+](=O)[O-])CC1. The molecule has 14 heteroatoms. The Bertz CT molecular complexity index is 1220. The second-order valence-corrected chi connectivity index (χ2v) is 7.61. The maximum Gasteiger partial charge on any atom is 0.449 e. The zero-order chi connectivity index (χ0) is 24.5. The number of anilines is 3. The zero-order valence-electron chi connectivity index (χ0n) is 17.9. The number of imidazole rings is 1. The molecule has 0 aliphatic carbocycles. The van der Waals surface area contributed by atoms with E-state index in [1.165, 1.54) is 24.5 Å². The molecule has 11 nitrogen and oxygen atoms in total. The number of aromatic amines is 1. The zero-order valence-corrected chi connectivity index (χ0v) is 17.9. The lowest BCUT2D eigenvalue weighted by atomic mass is 9.97. The van der Waals surface area contributed by atoms with Crippen LogP contribution in [0.2, 0.25) is 0 Å². The Hall–Kier alpha value is -3.97. The van der Waals surface area contributed by atoms with Crippen molar-refractivity contribution in [2.75, 3.05) is 29.9 Å². The van der Waals surface area contributed by atoms with Crippen LogP contribution in [0.4, 0.5) is 36.2 Å². The number of halogens is 3. The number of piperidine rings is 1. The van der Waals surface area contributed by atoms with Crippen LogP contribution < -0.4 is 10.2 Å². The van der Waals surface area contributed by atoms with Crippen LogP contribution in [0.5, 0.6) is 0 Å². The number of hydrogen-bond acceptors (Lipinski definition) is 9. The van der Waals surface area contributed by atoms with E-state index >= 15 is 0 Å². The van der Waals surface area contributed by atoms with E-state index in [1.807, 2.05) is 0 Å². The molecule has 1 aliphatic heterocycles. The number of hydrogen-bond donors (Lipinski definition) is 2. The smallest absolute Gasteiger partial charge is 0.449 e. The Morgan fingerprint density at radius 2 is 2.06 bits per heavy atom. The summed E-state index contributed by atoms with van der Waals surface area (Å²) in [5.74, 6) is -1.73. The fraction of sp³-hybridized carbons (Fsp3) is 0.400. The molecule has 1 aromatic carbocycles. The van der Waals surface area contributed by atoms with Gasteiger partial charge >= 0.3 is 17.8 Å². The normalized spacial score (nSPS) is 14.9. The molecule has 34 heavy (non-hydrogen) atoms. The van der Waals surface area contributed by atoms with Crippen LogP contribution in [0.3, 0.4) is 0 Å². The highest BCUT2D eigenvalue weighted by Gasteiger charge is 2.35. The van der Waals surface area contributed by atoms with E-state index < -0.39 is 16.9 Å². The standard InChI is InChI=1S/C20H20F3N7O4/c1-2-34-18(31)11-5-7-29(8-6-11)17-15(30(32)33)16(24-10-25-17)26-12-3-4-13-14(9-12)28-19(27-13)20(21,22)23/h3-4,9-11H,2,5-8H2,1H3,(H,27,28)(H,24,25,26). The van der Waals surface area contributed by atoms with Gasteiger partial charge in [0.05, 0.1) is 28.5 Å². The van der Waals surface area contributed by atoms with Gasteiger partial charge in [-0.2, -0.15) is 13.2 Å². The number of alkyl halides is 3. The predicted octanol–water partition coefficient (Wildman–Crippen LogP) is 3.80. The maximum atomic E-state index is 12.9. The summed E-state index contributed by atoms with van der Waals surface area (Å²) in [5.41, 5.74) is 0.104. The van der Waals surface area contributed by atoms with Gasteiger partial charge in [0.2, 0.25) is 17.5 Å². The van der Waals surface area contributed by atoms with Gasteiger partial charge in [-0.3, -0.25) is 14.9 Å². The van der Waals surface area contributed by atoms with Crippen molar-refractivity contribution >= 4 is 40.0 Å². The molecule has 0 saturated carbocycles. The number of esters is 1. The van der Waals surface area contributed by atoms with E-state index in [-0.39, 0.29) is 52.5 Å². The number of ether oxygens (including phenoxy) is 1. The number of carbonyl (C=O) groups is 1. The van der Waals surface area contributed by atoms with Crippen molar-refractivity contribution in [3.63, 3.8) is 0 Å². The van der Waals surface area contributed by atoms with Gasteiger partial charge in [-0.05, 0) is 38.0 Å². The summed E-state index contributed by atoms with van der Waals surface area (Å²) in [6, 6.07) is 4.16. The minimum atomic E-state index is -4.63. The van der Waals surface area contributed by atoms with Gasteiger partial charge in [-0.15, -0.1) is 0 Å². The average Bonchev–Trinajstić information content (AvgIpc) is 3.23. The van der Waals surface area contributed by atoms with E-state index in [2.05, 4.69) is 25.3 Å². The van der Waals surface area contributed by atoms with Gasteiger partial charge in [0.25, 0.3) is 0 Å². The fourth-order valence-electron chi connectivity index (χ4n) is 3.81. The van der Waals surface area contributed by atoms with E-state index in [9.17, 15) is 28.1 Å². The summed E-state index contributed by atoms with van der Waals surface area (Å²) >= 11 is 0. The molecule has 0 bridgehead atoms. The van der Waals surface area contributed by atoms with Gasteiger partial charge in [0.1, 0.15) is 6.33 Å². The van der Waals surface area contributed by atoms with Crippen LogP contribution in [-0.4, -0.2) is 50.5 Å². The van der Waals surface area contributed by atoms with Crippen LogP contribution in [0.15, 0.2) is 24.5 Å². The Kier molecular flexibility index (Phi) is 6.22. The van der Waals surface area contributed by atoms with Gasteiger partial charge in [0, 0.05) is 18.8 Å². The van der Waals surface area contributed by atoms with Crippen molar-refractivity contribution in [2.24, 2.45) is 5.92 Å². The first-order valence-corrected chi connectivity index (χ1v) is 10.4. The highest BCUT2D eigenvalue weighted by molar-refractivity contribution is 5.82. The summed E-state index contributed by atoms with van der Waals surface area (Å²) in [6.45, 7) is 2.74. The lowest BCUT2D eigenvalue weighted by Gasteiger charge is -2.31. The molecule has 2 aromatic heterocycles. The summed E-state index contributed by atoms with van der Waals surface area (Å²) in [6.07, 6.45) is -2.55. The molecule has 0 spiro atoms. The second kappa shape index (κ2) is 9.11. The largest absolute Gasteiger partial charge is 0.466 e. The molecule has 0 unspecified atom stereocenters. The van der Waals surface area contributed by atoms with Crippen LogP contribution in [0.25, 0.3) is 11.0 Å². The number of rotatable bonds is 6. The summed E-state index contributed by atoms with van der Waals surface area (Å²) in [7, 11) is 0. The first kappa shape index (κ1) is 23.2. The van der Waals surface area contributed by atoms with Gasteiger partial charge < -0.3 is 19.9 Å².